The molecule has 3 aliphatic carbocycles. The van der Waals surface area contributed by atoms with Crippen LogP contribution in [0, 0.1) is 22.7 Å². The maximum Gasteiger partial charge on any atom is 0.229 e. The highest BCUT2D eigenvalue weighted by Gasteiger charge is 2.82. The molecule has 0 aromatic heterocycles. The van der Waals surface area contributed by atoms with E-state index in [0.29, 0.717) is 5.56 Å². The van der Waals surface area contributed by atoms with E-state index in [2.05, 4.69) is 22.0 Å². The number of carbonyl (C=O) groups is 3. The van der Waals surface area contributed by atoms with Gasteiger partial charge in [-0.2, -0.15) is 0 Å². The van der Waals surface area contributed by atoms with E-state index in [1.165, 1.54) is 4.90 Å². The van der Waals surface area contributed by atoms with Gasteiger partial charge in [-0.3, -0.25) is 14.4 Å². The van der Waals surface area contributed by atoms with Crippen molar-refractivity contribution in [3.05, 3.63) is 46.5 Å². The number of hydrogen-bond donors (Lipinski definition) is 2. The zero-order valence-corrected chi connectivity index (χ0v) is 18.2. The van der Waals surface area contributed by atoms with Gasteiger partial charge in [0.2, 0.25) is 17.7 Å². The van der Waals surface area contributed by atoms with Crippen LogP contribution in [0.1, 0.15) is 31.2 Å². The van der Waals surface area contributed by atoms with Crippen molar-refractivity contribution in [1.82, 2.24) is 4.90 Å². The molecule has 1 aromatic rings. The van der Waals surface area contributed by atoms with Gasteiger partial charge >= 0.3 is 0 Å². The van der Waals surface area contributed by atoms with Crippen molar-refractivity contribution in [3.8, 4) is 0 Å². The summed E-state index contributed by atoms with van der Waals surface area (Å²) in [6.07, 6.45) is 6.29. The SMILES string of the molecule is CN(C)C(=O)CC[C@@]1(C(N)=O)[C@@H]2C=C[C@@H](C23CC3)[C@@]1(C(N)=O)c1ccc(Br)cc1. The van der Waals surface area contributed by atoms with Crippen LogP contribution >= 0.6 is 15.9 Å². The first-order chi connectivity index (χ1) is 13.6. The highest BCUT2D eigenvalue weighted by Crippen LogP contribution is 2.80. The summed E-state index contributed by atoms with van der Waals surface area (Å²) in [5, 5.41) is 0. The summed E-state index contributed by atoms with van der Waals surface area (Å²) in [5.41, 5.74) is 10.3. The average Bonchev–Trinajstić information content (AvgIpc) is 3.33. The lowest BCUT2D eigenvalue weighted by atomic mass is 9.52. The van der Waals surface area contributed by atoms with Crippen LogP contribution in [0.2, 0.25) is 0 Å². The van der Waals surface area contributed by atoms with Crippen LogP contribution in [0.3, 0.4) is 0 Å². The Morgan fingerprint density at radius 2 is 1.62 bits per heavy atom. The highest BCUT2D eigenvalue weighted by atomic mass is 79.9. The molecule has 1 spiro atoms. The molecule has 154 valence electrons. The van der Waals surface area contributed by atoms with Crippen molar-refractivity contribution in [2.45, 2.75) is 31.1 Å². The molecule has 4 N–H and O–H groups in total. The molecular weight excluding hydrogens is 434 g/mol. The lowest BCUT2D eigenvalue weighted by molar-refractivity contribution is -0.145. The minimum absolute atomic E-state index is 0.101. The monoisotopic (exact) mass is 459 g/mol. The van der Waals surface area contributed by atoms with E-state index in [9.17, 15) is 14.4 Å². The Morgan fingerprint density at radius 3 is 2.10 bits per heavy atom. The predicted octanol–water partition coefficient (Wildman–Crippen LogP) is 2.11. The first-order valence-electron chi connectivity index (χ1n) is 9.89. The molecule has 0 saturated heterocycles. The number of nitrogens with two attached hydrogens (primary N) is 2. The van der Waals surface area contributed by atoms with Crippen molar-refractivity contribution in [3.63, 3.8) is 0 Å². The van der Waals surface area contributed by atoms with Crippen LogP contribution in [0.5, 0.6) is 0 Å². The standard InChI is InChI=1S/C22H26BrN3O3/c1-26(2)17(27)9-10-21(18(24)28)15-7-8-16(20(15)11-12-20)22(21,19(25)29)13-3-5-14(23)6-4-13/h3-8,15-16H,9-12H2,1-2H3,(H2,24,28)(H2,25,29)/t15-,16+,21+,22-/m1/s1. The number of halogens is 1. The zero-order valence-electron chi connectivity index (χ0n) is 16.7. The lowest BCUT2D eigenvalue weighted by Crippen LogP contribution is -2.62. The summed E-state index contributed by atoms with van der Waals surface area (Å²) in [7, 11) is 3.36. The van der Waals surface area contributed by atoms with E-state index < -0.39 is 22.6 Å². The number of allylic oxidation sites excluding steroid dienone is 2. The number of amides is 3. The molecule has 29 heavy (non-hydrogen) atoms. The van der Waals surface area contributed by atoms with Gasteiger partial charge in [0.15, 0.2) is 0 Å². The number of rotatable bonds is 6. The number of carbonyl (C=O) groups excluding carboxylic acids is 3. The molecule has 4 atom stereocenters. The fourth-order valence-electron chi connectivity index (χ4n) is 6.34. The van der Waals surface area contributed by atoms with Crippen molar-refractivity contribution >= 4 is 33.7 Å². The fourth-order valence-corrected chi connectivity index (χ4v) is 6.60. The van der Waals surface area contributed by atoms with E-state index in [-0.39, 0.29) is 36.0 Å². The Hall–Kier alpha value is -2.15. The first-order valence-corrected chi connectivity index (χ1v) is 10.7. The van der Waals surface area contributed by atoms with Crippen molar-refractivity contribution in [1.29, 1.82) is 0 Å². The van der Waals surface area contributed by atoms with Crippen LogP contribution < -0.4 is 11.5 Å². The summed E-state index contributed by atoms with van der Waals surface area (Å²) in [6.45, 7) is 0. The molecule has 4 rings (SSSR count). The number of primary amides is 2. The van der Waals surface area contributed by atoms with Gasteiger partial charge in [0, 0.05) is 30.9 Å². The third-order valence-corrected chi connectivity index (χ3v) is 8.15. The van der Waals surface area contributed by atoms with Gasteiger partial charge in [-0.1, -0.05) is 40.2 Å². The van der Waals surface area contributed by atoms with Crippen LogP contribution in [-0.4, -0.2) is 36.7 Å². The van der Waals surface area contributed by atoms with Crippen LogP contribution in [0.4, 0.5) is 0 Å². The molecule has 7 heteroatoms. The third-order valence-electron chi connectivity index (χ3n) is 7.62. The van der Waals surface area contributed by atoms with Crippen LogP contribution in [-0.2, 0) is 19.8 Å². The van der Waals surface area contributed by atoms with Crippen molar-refractivity contribution in [2.24, 2.45) is 34.1 Å². The molecule has 0 unspecified atom stereocenters. The molecular formula is C22H26BrN3O3. The van der Waals surface area contributed by atoms with Gasteiger partial charge in [0.1, 0.15) is 0 Å². The van der Waals surface area contributed by atoms with E-state index >= 15 is 0 Å². The zero-order chi connectivity index (χ0) is 21.2. The summed E-state index contributed by atoms with van der Waals surface area (Å²) in [6, 6.07) is 7.41. The van der Waals surface area contributed by atoms with Gasteiger partial charge in [-0.25, -0.2) is 0 Å². The Bertz CT molecular complexity index is 922. The smallest absolute Gasteiger partial charge is 0.229 e. The molecule has 3 aliphatic rings. The van der Waals surface area contributed by atoms with E-state index in [1.807, 2.05) is 30.3 Å². The molecule has 0 heterocycles. The van der Waals surface area contributed by atoms with Gasteiger partial charge in [0.05, 0.1) is 10.8 Å². The molecule has 0 radical (unpaired) electrons. The Kier molecular flexibility index (Phi) is 4.46. The molecule has 2 fully saturated rings. The Labute approximate surface area is 178 Å². The van der Waals surface area contributed by atoms with E-state index in [0.717, 1.165) is 17.3 Å². The average molecular weight is 460 g/mol. The van der Waals surface area contributed by atoms with E-state index in [1.54, 1.807) is 14.1 Å². The Balaban J connectivity index is 1.96. The second kappa shape index (κ2) is 6.42. The molecule has 3 amide bonds. The molecule has 1 aromatic carbocycles. The summed E-state index contributed by atoms with van der Waals surface area (Å²) in [5.74, 6) is -1.58. The molecule has 2 bridgehead atoms. The normalized spacial score (nSPS) is 33.1. The summed E-state index contributed by atoms with van der Waals surface area (Å²) >= 11 is 3.44. The first kappa shape index (κ1) is 20.1. The minimum Gasteiger partial charge on any atom is -0.369 e. The highest BCUT2D eigenvalue weighted by molar-refractivity contribution is 9.10. The summed E-state index contributed by atoms with van der Waals surface area (Å²) in [4.78, 5) is 40.4. The van der Waals surface area contributed by atoms with Gasteiger partial charge in [-0.05, 0) is 48.3 Å². The van der Waals surface area contributed by atoms with E-state index in [4.69, 9.17) is 11.5 Å². The maximum absolute atomic E-state index is 13.3. The topological polar surface area (TPSA) is 106 Å². The quantitative estimate of drug-likeness (QED) is 0.635. The van der Waals surface area contributed by atoms with Crippen molar-refractivity contribution < 1.29 is 14.4 Å². The number of hydrogen-bond acceptors (Lipinski definition) is 3. The maximum atomic E-state index is 13.3. The minimum atomic E-state index is -1.26. The second-order valence-electron chi connectivity index (χ2n) is 8.88. The molecule has 2 saturated carbocycles. The van der Waals surface area contributed by atoms with Gasteiger partial charge < -0.3 is 16.4 Å². The second-order valence-corrected chi connectivity index (χ2v) is 9.79. The third kappa shape index (κ3) is 2.37. The lowest BCUT2D eigenvalue weighted by Gasteiger charge is -2.48. The van der Waals surface area contributed by atoms with Crippen LogP contribution in [0.15, 0.2) is 40.9 Å². The van der Waals surface area contributed by atoms with Gasteiger partial charge in [0.25, 0.3) is 0 Å². The largest absolute Gasteiger partial charge is 0.369 e. The summed E-state index contributed by atoms with van der Waals surface area (Å²) < 4.78 is 0.869. The number of nitrogens with zero attached hydrogens (tertiary/aromatic N) is 1. The fraction of sp³-hybridized carbons (Fsp3) is 0.500. The van der Waals surface area contributed by atoms with Crippen molar-refractivity contribution in [2.75, 3.05) is 14.1 Å². The predicted molar refractivity (Wildman–Crippen MR) is 112 cm³/mol. The van der Waals surface area contributed by atoms with Crippen LogP contribution in [0.25, 0.3) is 0 Å². The van der Waals surface area contributed by atoms with Gasteiger partial charge in [-0.15, -0.1) is 0 Å². The molecule has 6 nitrogen and oxygen atoms in total. The molecule has 0 aliphatic heterocycles. The Morgan fingerprint density at radius 1 is 1.03 bits per heavy atom. The number of benzene rings is 1.